The Labute approximate surface area is 81.3 Å². The number of benzene rings is 1. The van der Waals surface area contributed by atoms with E-state index >= 15 is 0 Å². The highest BCUT2D eigenvalue weighted by molar-refractivity contribution is 5.97. The van der Waals surface area contributed by atoms with Crippen molar-refractivity contribution in [1.82, 2.24) is 15.3 Å². The summed E-state index contributed by atoms with van der Waals surface area (Å²) >= 11 is 0. The van der Waals surface area contributed by atoms with Gasteiger partial charge in [0.15, 0.2) is 0 Å². The van der Waals surface area contributed by atoms with E-state index in [9.17, 15) is 4.79 Å². The van der Waals surface area contributed by atoms with Crippen LogP contribution in [0.2, 0.25) is 0 Å². The molecule has 0 aliphatic heterocycles. The standard InChI is InChI=1S/C10H11N3O/c1-6-3-7(10(14)11-2)4-8-9(6)13-5-12-8/h3-5H,1-2H3,(H,11,14)(H,12,13). The third-order valence-electron chi connectivity index (χ3n) is 2.20. The zero-order valence-corrected chi connectivity index (χ0v) is 8.09. The lowest BCUT2D eigenvalue weighted by atomic mass is 10.1. The molecular formula is C10H11N3O. The SMILES string of the molecule is CNC(=O)c1cc(C)c2nc[nH]c2c1. The molecule has 4 heteroatoms. The van der Waals surface area contributed by atoms with E-state index in [1.807, 2.05) is 13.0 Å². The van der Waals surface area contributed by atoms with Gasteiger partial charge in [0.1, 0.15) is 0 Å². The minimum atomic E-state index is -0.0791. The lowest BCUT2D eigenvalue weighted by Gasteiger charge is -2.01. The van der Waals surface area contributed by atoms with E-state index in [0.717, 1.165) is 16.6 Å². The average molecular weight is 189 g/mol. The van der Waals surface area contributed by atoms with E-state index in [2.05, 4.69) is 15.3 Å². The second-order valence-corrected chi connectivity index (χ2v) is 3.17. The summed E-state index contributed by atoms with van der Waals surface area (Å²) in [6.07, 6.45) is 1.63. The minimum Gasteiger partial charge on any atom is -0.355 e. The van der Waals surface area contributed by atoms with E-state index in [4.69, 9.17) is 0 Å². The van der Waals surface area contributed by atoms with Gasteiger partial charge in [-0.25, -0.2) is 4.98 Å². The summed E-state index contributed by atoms with van der Waals surface area (Å²) in [7, 11) is 1.62. The van der Waals surface area contributed by atoms with Gasteiger partial charge in [0.2, 0.25) is 0 Å². The Balaban J connectivity index is 2.64. The first-order valence-corrected chi connectivity index (χ1v) is 4.38. The van der Waals surface area contributed by atoms with Crippen molar-refractivity contribution < 1.29 is 4.79 Å². The molecule has 72 valence electrons. The van der Waals surface area contributed by atoms with Gasteiger partial charge in [0.05, 0.1) is 17.4 Å². The van der Waals surface area contributed by atoms with Crippen molar-refractivity contribution >= 4 is 16.9 Å². The predicted octanol–water partition coefficient (Wildman–Crippen LogP) is 1.23. The van der Waals surface area contributed by atoms with Crippen molar-refractivity contribution in [3.05, 3.63) is 29.6 Å². The Morgan fingerprint density at radius 3 is 3.00 bits per heavy atom. The fourth-order valence-corrected chi connectivity index (χ4v) is 1.50. The van der Waals surface area contributed by atoms with Crippen molar-refractivity contribution in [2.24, 2.45) is 0 Å². The monoisotopic (exact) mass is 189 g/mol. The summed E-state index contributed by atoms with van der Waals surface area (Å²) in [5.41, 5.74) is 3.46. The van der Waals surface area contributed by atoms with Crippen molar-refractivity contribution in [3.63, 3.8) is 0 Å². The molecule has 1 aromatic heterocycles. The number of fused-ring (bicyclic) bond motifs is 1. The van der Waals surface area contributed by atoms with Crippen LogP contribution in [0.15, 0.2) is 18.5 Å². The van der Waals surface area contributed by atoms with Gasteiger partial charge in [0.25, 0.3) is 5.91 Å². The first-order valence-electron chi connectivity index (χ1n) is 4.38. The normalized spacial score (nSPS) is 10.4. The number of aryl methyl sites for hydroxylation is 1. The van der Waals surface area contributed by atoms with Crippen LogP contribution in [0.25, 0.3) is 11.0 Å². The predicted molar refractivity (Wildman–Crippen MR) is 54.2 cm³/mol. The molecule has 0 unspecified atom stereocenters. The Morgan fingerprint density at radius 1 is 1.50 bits per heavy atom. The van der Waals surface area contributed by atoms with Gasteiger partial charge < -0.3 is 10.3 Å². The molecule has 4 nitrogen and oxygen atoms in total. The number of hydrogen-bond acceptors (Lipinski definition) is 2. The van der Waals surface area contributed by atoms with Gasteiger partial charge in [-0.3, -0.25) is 4.79 Å². The molecule has 1 heterocycles. The summed E-state index contributed by atoms with van der Waals surface area (Å²) in [5, 5.41) is 2.59. The molecule has 0 aliphatic rings. The molecule has 2 N–H and O–H groups in total. The first kappa shape index (κ1) is 8.74. The number of aromatic amines is 1. The molecule has 0 spiro atoms. The third kappa shape index (κ3) is 1.25. The topological polar surface area (TPSA) is 57.8 Å². The van der Waals surface area contributed by atoms with E-state index < -0.39 is 0 Å². The number of aromatic nitrogens is 2. The number of nitrogens with one attached hydrogen (secondary N) is 2. The molecule has 0 saturated carbocycles. The quantitative estimate of drug-likeness (QED) is 0.708. The molecule has 0 saturated heterocycles. The second kappa shape index (κ2) is 3.14. The number of H-pyrrole nitrogens is 1. The summed E-state index contributed by atoms with van der Waals surface area (Å²) in [6.45, 7) is 1.94. The molecule has 14 heavy (non-hydrogen) atoms. The van der Waals surface area contributed by atoms with Crippen molar-refractivity contribution in [2.45, 2.75) is 6.92 Å². The van der Waals surface area contributed by atoms with Crippen LogP contribution in [0.1, 0.15) is 15.9 Å². The van der Waals surface area contributed by atoms with Gasteiger partial charge in [-0.2, -0.15) is 0 Å². The maximum absolute atomic E-state index is 11.4. The maximum Gasteiger partial charge on any atom is 0.251 e. The van der Waals surface area contributed by atoms with Gasteiger partial charge in [0, 0.05) is 12.6 Å². The Hall–Kier alpha value is -1.84. The van der Waals surface area contributed by atoms with Crippen LogP contribution in [0.4, 0.5) is 0 Å². The molecule has 0 fully saturated rings. The summed E-state index contributed by atoms with van der Waals surface area (Å²) < 4.78 is 0. The number of carbonyl (C=O) groups is 1. The molecule has 2 rings (SSSR count). The van der Waals surface area contributed by atoms with Crippen LogP contribution in [-0.4, -0.2) is 22.9 Å². The van der Waals surface area contributed by atoms with Gasteiger partial charge in [-0.05, 0) is 24.6 Å². The maximum atomic E-state index is 11.4. The molecular weight excluding hydrogens is 178 g/mol. The highest BCUT2D eigenvalue weighted by Gasteiger charge is 2.07. The van der Waals surface area contributed by atoms with Crippen LogP contribution in [0.3, 0.4) is 0 Å². The zero-order chi connectivity index (χ0) is 10.1. The highest BCUT2D eigenvalue weighted by atomic mass is 16.1. The number of imidazole rings is 1. The van der Waals surface area contributed by atoms with Crippen molar-refractivity contribution in [3.8, 4) is 0 Å². The molecule has 0 atom stereocenters. The van der Waals surface area contributed by atoms with Crippen LogP contribution in [-0.2, 0) is 0 Å². The highest BCUT2D eigenvalue weighted by Crippen LogP contribution is 2.16. The Kier molecular flexibility index (Phi) is 1.96. The van der Waals surface area contributed by atoms with Gasteiger partial charge in [-0.1, -0.05) is 0 Å². The number of amides is 1. The molecule has 1 aromatic carbocycles. The smallest absolute Gasteiger partial charge is 0.251 e. The first-order chi connectivity index (χ1) is 6.72. The number of carbonyl (C=O) groups excluding carboxylic acids is 1. The summed E-state index contributed by atoms with van der Waals surface area (Å²) in [6, 6.07) is 3.64. The molecule has 1 amide bonds. The van der Waals surface area contributed by atoms with Crippen LogP contribution in [0, 0.1) is 6.92 Å². The molecule has 0 aliphatic carbocycles. The van der Waals surface area contributed by atoms with Crippen LogP contribution in [0.5, 0.6) is 0 Å². The fraction of sp³-hybridized carbons (Fsp3) is 0.200. The summed E-state index contributed by atoms with van der Waals surface area (Å²) in [4.78, 5) is 18.5. The average Bonchev–Trinajstić information content (AvgIpc) is 2.64. The number of rotatable bonds is 1. The van der Waals surface area contributed by atoms with Crippen LogP contribution < -0.4 is 5.32 Å². The minimum absolute atomic E-state index is 0.0791. The van der Waals surface area contributed by atoms with E-state index in [1.165, 1.54) is 0 Å². The second-order valence-electron chi connectivity index (χ2n) is 3.17. The van der Waals surface area contributed by atoms with Gasteiger partial charge in [-0.15, -0.1) is 0 Å². The molecule has 0 bridgehead atoms. The van der Waals surface area contributed by atoms with E-state index in [1.54, 1.807) is 19.4 Å². The van der Waals surface area contributed by atoms with E-state index in [0.29, 0.717) is 5.56 Å². The molecule has 0 radical (unpaired) electrons. The molecule has 2 aromatic rings. The van der Waals surface area contributed by atoms with E-state index in [-0.39, 0.29) is 5.91 Å². The fourth-order valence-electron chi connectivity index (χ4n) is 1.50. The number of hydrogen-bond donors (Lipinski definition) is 2. The Morgan fingerprint density at radius 2 is 2.29 bits per heavy atom. The zero-order valence-electron chi connectivity index (χ0n) is 8.09. The lowest BCUT2D eigenvalue weighted by molar-refractivity contribution is 0.0963. The number of nitrogens with zero attached hydrogens (tertiary/aromatic N) is 1. The van der Waals surface area contributed by atoms with Crippen molar-refractivity contribution in [2.75, 3.05) is 7.05 Å². The third-order valence-corrected chi connectivity index (χ3v) is 2.20. The summed E-state index contributed by atoms with van der Waals surface area (Å²) in [5.74, 6) is -0.0791. The van der Waals surface area contributed by atoms with Gasteiger partial charge >= 0.3 is 0 Å². The van der Waals surface area contributed by atoms with Crippen molar-refractivity contribution in [1.29, 1.82) is 0 Å². The lowest BCUT2D eigenvalue weighted by Crippen LogP contribution is -2.17. The Bertz CT molecular complexity index is 487. The largest absolute Gasteiger partial charge is 0.355 e. The van der Waals surface area contributed by atoms with Crippen LogP contribution >= 0.6 is 0 Å².